The fraction of sp³-hybridized carbons (Fsp3) is 0.333. The summed E-state index contributed by atoms with van der Waals surface area (Å²) in [4.78, 5) is 51.0. The highest BCUT2D eigenvalue weighted by atomic mass is 16.5. The number of rotatable bonds is 9. The maximum absolute atomic E-state index is 12.9. The maximum atomic E-state index is 12.9. The van der Waals surface area contributed by atoms with E-state index >= 15 is 0 Å². The smallest absolute Gasteiger partial charge is 0.306 e. The van der Waals surface area contributed by atoms with Gasteiger partial charge >= 0.3 is 5.97 Å². The van der Waals surface area contributed by atoms with Crippen molar-refractivity contribution >= 4 is 34.9 Å². The predicted octanol–water partition coefficient (Wildman–Crippen LogP) is 2.97. The van der Waals surface area contributed by atoms with Crippen molar-refractivity contribution in [1.82, 2.24) is 0 Å². The molecule has 33 heavy (non-hydrogen) atoms. The number of hydrogen-bond donors (Lipinski definition) is 1. The molecule has 3 rings (SSSR count). The second kappa shape index (κ2) is 10.6. The van der Waals surface area contributed by atoms with Gasteiger partial charge < -0.3 is 19.5 Å². The molecule has 174 valence electrons. The lowest BCUT2D eigenvalue weighted by molar-refractivity contribution is -0.143. The van der Waals surface area contributed by atoms with Gasteiger partial charge in [-0.25, -0.2) is 0 Å². The summed E-state index contributed by atoms with van der Waals surface area (Å²) in [6, 6.07) is 10.6. The average molecular weight is 454 g/mol. The third-order valence-corrected chi connectivity index (χ3v) is 5.15. The van der Waals surface area contributed by atoms with Crippen LogP contribution in [0.25, 0.3) is 0 Å². The fourth-order valence-electron chi connectivity index (χ4n) is 3.40. The minimum absolute atomic E-state index is 0.0278. The van der Waals surface area contributed by atoms with E-state index in [-0.39, 0.29) is 31.8 Å². The first-order valence-electron chi connectivity index (χ1n) is 10.6. The molecule has 9 nitrogen and oxygen atoms in total. The molecule has 2 aromatic carbocycles. The van der Waals surface area contributed by atoms with Gasteiger partial charge in [-0.2, -0.15) is 0 Å². The Balaban J connectivity index is 1.78. The summed E-state index contributed by atoms with van der Waals surface area (Å²) in [5.41, 5.74) is 1.19. The number of amides is 2. The molecule has 0 aromatic heterocycles. The third kappa shape index (κ3) is 5.68. The molecule has 2 aromatic rings. The van der Waals surface area contributed by atoms with Crippen molar-refractivity contribution in [2.24, 2.45) is 0 Å². The van der Waals surface area contributed by atoms with Crippen LogP contribution in [-0.4, -0.2) is 49.9 Å². The molecule has 0 spiro atoms. The summed E-state index contributed by atoms with van der Waals surface area (Å²) >= 11 is 0. The van der Waals surface area contributed by atoms with Crippen molar-refractivity contribution < 1.29 is 33.4 Å². The Labute approximate surface area is 191 Å². The molecule has 1 aliphatic rings. The van der Waals surface area contributed by atoms with Gasteiger partial charge in [0.2, 0.25) is 5.91 Å². The summed E-state index contributed by atoms with van der Waals surface area (Å²) in [6.07, 6.45) is -0.0660. The molecule has 0 fully saturated rings. The Kier molecular flexibility index (Phi) is 7.66. The summed E-state index contributed by atoms with van der Waals surface area (Å²) in [6.45, 7) is 3.32. The van der Waals surface area contributed by atoms with Crippen LogP contribution in [0, 0.1) is 0 Å². The number of Topliss-reactive ketones (excluding diaryl/α,β-unsaturated/α-hetero) is 1. The van der Waals surface area contributed by atoms with Crippen molar-refractivity contribution in [3.63, 3.8) is 0 Å². The van der Waals surface area contributed by atoms with E-state index in [1.54, 1.807) is 57.4 Å². The number of esters is 1. The van der Waals surface area contributed by atoms with E-state index < -0.39 is 23.8 Å². The Morgan fingerprint density at radius 2 is 1.85 bits per heavy atom. The largest absolute Gasteiger partial charge is 0.497 e. The number of carbonyl (C=O) groups excluding carboxylic acids is 4. The van der Waals surface area contributed by atoms with Gasteiger partial charge in [0.05, 0.1) is 25.8 Å². The van der Waals surface area contributed by atoms with E-state index in [0.717, 1.165) is 0 Å². The summed E-state index contributed by atoms with van der Waals surface area (Å²) in [5, 5.41) is 2.78. The second-order valence-corrected chi connectivity index (χ2v) is 7.36. The fourth-order valence-corrected chi connectivity index (χ4v) is 3.40. The summed E-state index contributed by atoms with van der Waals surface area (Å²) in [5.74, 6) is -0.498. The molecule has 1 N–H and O–H groups in total. The minimum atomic E-state index is -0.868. The van der Waals surface area contributed by atoms with E-state index in [9.17, 15) is 19.2 Å². The number of ether oxygens (including phenoxy) is 3. The first-order valence-corrected chi connectivity index (χ1v) is 10.6. The Hall–Kier alpha value is -3.88. The molecule has 0 radical (unpaired) electrons. The van der Waals surface area contributed by atoms with Crippen molar-refractivity contribution in [3.8, 4) is 11.5 Å². The van der Waals surface area contributed by atoms with Crippen LogP contribution in [0.2, 0.25) is 0 Å². The molecule has 0 saturated carbocycles. The number of fused-ring (bicyclic) bond motifs is 1. The third-order valence-electron chi connectivity index (χ3n) is 5.15. The van der Waals surface area contributed by atoms with E-state index in [4.69, 9.17) is 14.2 Å². The molecule has 1 aliphatic heterocycles. The van der Waals surface area contributed by atoms with Crippen LogP contribution < -0.4 is 19.7 Å². The molecule has 1 unspecified atom stereocenters. The van der Waals surface area contributed by atoms with Crippen molar-refractivity contribution in [1.29, 1.82) is 0 Å². The van der Waals surface area contributed by atoms with Crippen LogP contribution >= 0.6 is 0 Å². The van der Waals surface area contributed by atoms with Gasteiger partial charge in [-0.15, -0.1) is 0 Å². The SMILES string of the molecule is CCOC(=O)CCC(=O)c1ccc2c(c1)N(C(C)C(=O)Nc1ccc(OC)cc1)C(=O)CO2. The van der Waals surface area contributed by atoms with Crippen LogP contribution in [0.3, 0.4) is 0 Å². The van der Waals surface area contributed by atoms with Crippen LogP contribution in [-0.2, 0) is 19.1 Å². The molecule has 2 amide bonds. The zero-order chi connectivity index (χ0) is 24.0. The number of carbonyl (C=O) groups is 4. The van der Waals surface area contributed by atoms with Crippen LogP contribution in [0.1, 0.15) is 37.0 Å². The summed E-state index contributed by atoms with van der Waals surface area (Å²) < 4.78 is 15.4. The molecule has 0 bridgehead atoms. The Bertz CT molecular complexity index is 1050. The highest BCUT2D eigenvalue weighted by Crippen LogP contribution is 2.35. The Morgan fingerprint density at radius 3 is 2.52 bits per heavy atom. The number of nitrogens with one attached hydrogen (secondary N) is 1. The molecule has 1 atom stereocenters. The number of nitrogens with zero attached hydrogens (tertiary/aromatic N) is 1. The van der Waals surface area contributed by atoms with E-state index in [1.807, 2.05) is 0 Å². The lowest BCUT2D eigenvalue weighted by atomic mass is 10.0. The molecule has 0 saturated heterocycles. The standard InChI is InChI=1S/C24H26N2O7/c1-4-32-23(29)12-10-20(27)16-5-11-21-19(13-16)26(22(28)14-33-21)15(2)24(30)25-17-6-8-18(31-3)9-7-17/h5-9,11,13,15H,4,10,12,14H2,1-3H3,(H,25,30). The van der Waals surface area contributed by atoms with Gasteiger partial charge in [-0.05, 0) is 56.3 Å². The van der Waals surface area contributed by atoms with Gasteiger partial charge in [0.1, 0.15) is 17.5 Å². The topological polar surface area (TPSA) is 111 Å². The molecular weight excluding hydrogens is 428 g/mol. The normalized spacial score (nSPS) is 13.4. The molecule has 1 heterocycles. The highest BCUT2D eigenvalue weighted by Gasteiger charge is 2.33. The first-order chi connectivity index (χ1) is 15.8. The second-order valence-electron chi connectivity index (χ2n) is 7.36. The lowest BCUT2D eigenvalue weighted by Crippen LogP contribution is -2.49. The van der Waals surface area contributed by atoms with E-state index in [2.05, 4.69) is 5.32 Å². The molecular formula is C24H26N2O7. The molecule has 0 aliphatic carbocycles. The van der Waals surface area contributed by atoms with Crippen molar-refractivity contribution in [2.45, 2.75) is 32.7 Å². The van der Waals surface area contributed by atoms with Crippen molar-refractivity contribution in [2.75, 3.05) is 30.5 Å². The first kappa shape index (κ1) is 23.8. The van der Waals surface area contributed by atoms with Gasteiger partial charge in [0.25, 0.3) is 5.91 Å². The van der Waals surface area contributed by atoms with Crippen molar-refractivity contribution in [3.05, 3.63) is 48.0 Å². The molecule has 9 heteroatoms. The van der Waals surface area contributed by atoms with Crippen LogP contribution in [0.15, 0.2) is 42.5 Å². The van der Waals surface area contributed by atoms with Crippen LogP contribution in [0.4, 0.5) is 11.4 Å². The number of hydrogen-bond acceptors (Lipinski definition) is 7. The summed E-state index contributed by atoms with van der Waals surface area (Å²) in [7, 11) is 1.55. The average Bonchev–Trinajstić information content (AvgIpc) is 2.82. The zero-order valence-corrected chi connectivity index (χ0v) is 18.8. The van der Waals surface area contributed by atoms with Gasteiger partial charge in [0, 0.05) is 17.7 Å². The van der Waals surface area contributed by atoms with Gasteiger partial charge in [-0.3, -0.25) is 24.1 Å². The number of anilines is 2. The zero-order valence-electron chi connectivity index (χ0n) is 18.8. The Morgan fingerprint density at radius 1 is 1.12 bits per heavy atom. The minimum Gasteiger partial charge on any atom is -0.497 e. The van der Waals surface area contributed by atoms with E-state index in [1.165, 1.54) is 11.0 Å². The monoisotopic (exact) mass is 454 g/mol. The quantitative estimate of drug-likeness (QED) is 0.458. The maximum Gasteiger partial charge on any atom is 0.306 e. The number of benzene rings is 2. The number of methoxy groups -OCH3 is 1. The van der Waals surface area contributed by atoms with Crippen LogP contribution in [0.5, 0.6) is 11.5 Å². The highest BCUT2D eigenvalue weighted by molar-refractivity contribution is 6.08. The van der Waals surface area contributed by atoms with E-state index in [0.29, 0.717) is 28.4 Å². The van der Waals surface area contributed by atoms with Gasteiger partial charge in [0.15, 0.2) is 12.4 Å². The predicted molar refractivity (Wildman–Crippen MR) is 121 cm³/mol. The number of ketones is 1. The van der Waals surface area contributed by atoms with Gasteiger partial charge in [-0.1, -0.05) is 0 Å². The lowest BCUT2D eigenvalue weighted by Gasteiger charge is -2.33.